The Labute approximate surface area is 195 Å². The van der Waals surface area contributed by atoms with Crippen LogP contribution in [0.3, 0.4) is 0 Å². The number of aliphatic imine (C=N–C) groups is 1. The van der Waals surface area contributed by atoms with Crippen molar-refractivity contribution < 1.29 is 4.79 Å². The summed E-state index contributed by atoms with van der Waals surface area (Å²) >= 11 is 1.83. The van der Waals surface area contributed by atoms with Crippen LogP contribution in [0.25, 0.3) is 0 Å². The number of guanidine groups is 1. The fraction of sp³-hybridized carbons (Fsp3) is 0.455. The van der Waals surface area contributed by atoms with E-state index < -0.39 is 0 Å². The number of nitrogens with zero attached hydrogens (tertiary/aromatic N) is 2. The summed E-state index contributed by atoms with van der Waals surface area (Å²) in [7, 11) is 0. The number of carbonyl (C=O) groups is 1. The van der Waals surface area contributed by atoms with E-state index in [1.54, 1.807) is 0 Å². The number of thiophene rings is 1. The Bertz CT molecular complexity index is 836. The molecule has 1 amide bonds. The Morgan fingerprint density at radius 3 is 2.69 bits per heavy atom. The van der Waals surface area contributed by atoms with Crippen molar-refractivity contribution in [2.45, 2.75) is 46.2 Å². The zero-order valence-electron chi connectivity index (χ0n) is 17.4. The quantitative estimate of drug-likeness (QED) is 0.343. The fourth-order valence-electron chi connectivity index (χ4n) is 3.46. The highest BCUT2D eigenvalue weighted by Crippen LogP contribution is 2.18. The maximum Gasteiger partial charge on any atom is 0.244 e. The Balaban J connectivity index is 0.00000300. The first kappa shape index (κ1) is 23.7. The molecule has 1 atom stereocenters. The van der Waals surface area contributed by atoms with Gasteiger partial charge in [0.2, 0.25) is 5.91 Å². The van der Waals surface area contributed by atoms with Crippen LogP contribution in [0.5, 0.6) is 0 Å². The molecule has 1 aliphatic rings. The van der Waals surface area contributed by atoms with Gasteiger partial charge in [-0.3, -0.25) is 4.79 Å². The van der Waals surface area contributed by atoms with Crippen molar-refractivity contribution in [2.75, 3.05) is 19.6 Å². The summed E-state index contributed by atoms with van der Waals surface area (Å²) in [6.07, 6.45) is 1.86. The number of hydrogen-bond acceptors (Lipinski definition) is 3. The van der Waals surface area contributed by atoms with E-state index in [1.807, 2.05) is 29.2 Å². The van der Waals surface area contributed by atoms with Crippen molar-refractivity contribution in [1.82, 2.24) is 15.5 Å². The third-order valence-electron chi connectivity index (χ3n) is 4.89. The van der Waals surface area contributed by atoms with Crippen LogP contribution >= 0.6 is 35.3 Å². The summed E-state index contributed by atoms with van der Waals surface area (Å²) in [5.41, 5.74) is 2.60. The standard InChI is InChI=1S/C22H30N4OS.HI/c1-4-23-22(25-16(2)13-20-10-9-17(3)28-20)24-14-21(27)26-12-11-18-7-5-6-8-19(18)15-26;/h5-10,16H,4,11-15H2,1-3H3,(H2,23,24,25);1H. The van der Waals surface area contributed by atoms with Crippen molar-refractivity contribution in [2.24, 2.45) is 4.99 Å². The predicted octanol–water partition coefficient (Wildman–Crippen LogP) is 3.75. The monoisotopic (exact) mass is 526 g/mol. The van der Waals surface area contributed by atoms with Gasteiger partial charge in [0.25, 0.3) is 0 Å². The van der Waals surface area contributed by atoms with Gasteiger partial charge in [0.05, 0.1) is 0 Å². The van der Waals surface area contributed by atoms with Crippen molar-refractivity contribution in [3.8, 4) is 0 Å². The van der Waals surface area contributed by atoms with E-state index >= 15 is 0 Å². The van der Waals surface area contributed by atoms with Crippen LogP contribution < -0.4 is 10.6 Å². The van der Waals surface area contributed by atoms with Crippen LogP contribution in [0, 0.1) is 6.92 Å². The van der Waals surface area contributed by atoms with Crippen LogP contribution in [0.4, 0.5) is 0 Å². The van der Waals surface area contributed by atoms with E-state index in [0.717, 1.165) is 25.9 Å². The minimum absolute atomic E-state index is 0. The molecule has 0 bridgehead atoms. The molecule has 0 radical (unpaired) electrons. The predicted molar refractivity (Wildman–Crippen MR) is 132 cm³/mol. The summed E-state index contributed by atoms with van der Waals surface area (Å²) in [4.78, 5) is 21.8. The molecule has 158 valence electrons. The van der Waals surface area contributed by atoms with Crippen LogP contribution in [-0.2, 0) is 24.2 Å². The second-order valence-electron chi connectivity index (χ2n) is 7.29. The third-order valence-corrected chi connectivity index (χ3v) is 5.91. The van der Waals surface area contributed by atoms with Gasteiger partial charge in [-0.1, -0.05) is 24.3 Å². The first-order valence-electron chi connectivity index (χ1n) is 10.00. The molecule has 1 aliphatic heterocycles. The molecule has 1 aromatic heterocycles. The maximum atomic E-state index is 12.7. The zero-order chi connectivity index (χ0) is 19.9. The van der Waals surface area contributed by atoms with Gasteiger partial charge in [-0.25, -0.2) is 4.99 Å². The third kappa shape index (κ3) is 6.99. The second kappa shape index (κ2) is 11.5. The van der Waals surface area contributed by atoms with Gasteiger partial charge in [0, 0.05) is 41.9 Å². The highest BCUT2D eigenvalue weighted by Gasteiger charge is 2.20. The van der Waals surface area contributed by atoms with E-state index in [1.165, 1.54) is 20.9 Å². The number of fused-ring (bicyclic) bond motifs is 1. The number of amides is 1. The number of hydrogen-bond donors (Lipinski definition) is 2. The Hall–Kier alpha value is -1.61. The fourth-order valence-corrected chi connectivity index (χ4v) is 4.48. The number of halogens is 1. The molecule has 0 saturated carbocycles. The Morgan fingerprint density at radius 2 is 2.00 bits per heavy atom. The van der Waals surface area contributed by atoms with E-state index in [0.29, 0.717) is 12.5 Å². The SMILES string of the molecule is CCNC(=NCC(=O)N1CCc2ccccc2C1)NC(C)Cc1ccc(C)s1.I. The summed E-state index contributed by atoms with van der Waals surface area (Å²) in [6, 6.07) is 12.9. The lowest BCUT2D eigenvalue weighted by molar-refractivity contribution is -0.130. The van der Waals surface area contributed by atoms with Crippen LogP contribution in [0.1, 0.15) is 34.7 Å². The van der Waals surface area contributed by atoms with E-state index in [2.05, 4.69) is 59.8 Å². The van der Waals surface area contributed by atoms with Crippen LogP contribution in [0.2, 0.25) is 0 Å². The number of aryl methyl sites for hydroxylation is 1. The molecule has 2 aromatic rings. The smallest absolute Gasteiger partial charge is 0.244 e. The number of benzene rings is 1. The van der Waals surface area contributed by atoms with Crippen molar-refractivity contribution in [3.63, 3.8) is 0 Å². The molecule has 7 heteroatoms. The van der Waals surface area contributed by atoms with Gasteiger partial charge >= 0.3 is 0 Å². The van der Waals surface area contributed by atoms with Gasteiger partial charge in [-0.05, 0) is 50.5 Å². The van der Waals surface area contributed by atoms with Gasteiger partial charge in [-0.15, -0.1) is 35.3 Å². The summed E-state index contributed by atoms with van der Waals surface area (Å²) in [6.45, 7) is 8.69. The van der Waals surface area contributed by atoms with Gasteiger partial charge in [0.15, 0.2) is 5.96 Å². The molecule has 0 spiro atoms. The average molecular weight is 526 g/mol. The molecule has 29 heavy (non-hydrogen) atoms. The Kier molecular flexibility index (Phi) is 9.42. The van der Waals surface area contributed by atoms with Gasteiger partial charge < -0.3 is 15.5 Å². The van der Waals surface area contributed by atoms with Crippen LogP contribution in [-0.4, -0.2) is 42.4 Å². The molecular formula is C22H31IN4OS. The highest BCUT2D eigenvalue weighted by atomic mass is 127. The van der Waals surface area contributed by atoms with Gasteiger partial charge in [0.1, 0.15) is 6.54 Å². The van der Waals surface area contributed by atoms with Crippen LogP contribution in [0.15, 0.2) is 41.4 Å². The molecule has 2 heterocycles. The van der Waals surface area contributed by atoms with Crippen molar-refractivity contribution >= 4 is 47.2 Å². The summed E-state index contributed by atoms with van der Waals surface area (Å²) in [5, 5.41) is 6.67. The lowest BCUT2D eigenvalue weighted by Crippen LogP contribution is -2.44. The molecule has 2 N–H and O–H groups in total. The molecule has 1 unspecified atom stereocenters. The highest BCUT2D eigenvalue weighted by molar-refractivity contribution is 14.0. The van der Waals surface area contributed by atoms with Crippen molar-refractivity contribution in [1.29, 1.82) is 0 Å². The first-order valence-corrected chi connectivity index (χ1v) is 10.8. The van der Waals surface area contributed by atoms with E-state index in [-0.39, 0.29) is 42.5 Å². The average Bonchev–Trinajstić information content (AvgIpc) is 3.10. The molecule has 0 saturated heterocycles. The second-order valence-corrected chi connectivity index (χ2v) is 8.66. The number of carbonyl (C=O) groups excluding carboxylic acids is 1. The summed E-state index contributed by atoms with van der Waals surface area (Å²) < 4.78 is 0. The number of rotatable bonds is 6. The molecule has 1 aromatic carbocycles. The molecule has 0 aliphatic carbocycles. The summed E-state index contributed by atoms with van der Waals surface area (Å²) in [5.74, 6) is 0.780. The molecule has 5 nitrogen and oxygen atoms in total. The van der Waals surface area contributed by atoms with Gasteiger partial charge in [-0.2, -0.15) is 0 Å². The topological polar surface area (TPSA) is 56.7 Å². The van der Waals surface area contributed by atoms with E-state index in [4.69, 9.17) is 0 Å². The molecule has 0 fully saturated rings. The zero-order valence-corrected chi connectivity index (χ0v) is 20.6. The lowest BCUT2D eigenvalue weighted by atomic mass is 10.00. The molecule has 3 rings (SSSR count). The number of nitrogens with one attached hydrogen (secondary N) is 2. The minimum atomic E-state index is 0. The van der Waals surface area contributed by atoms with E-state index in [9.17, 15) is 4.79 Å². The first-order chi connectivity index (χ1) is 13.5. The lowest BCUT2D eigenvalue weighted by Gasteiger charge is -2.28. The largest absolute Gasteiger partial charge is 0.357 e. The maximum absolute atomic E-state index is 12.7. The normalized spacial score (nSPS) is 14.6. The molecular weight excluding hydrogens is 495 g/mol. The van der Waals surface area contributed by atoms with Crippen molar-refractivity contribution in [3.05, 3.63) is 57.3 Å². The minimum Gasteiger partial charge on any atom is -0.357 e. The Morgan fingerprint density at radius 1 is 1.24 bits per heavy atom.